The molecule has 5 aromatic rings. The van der Waals surface area contributed by atoms with Gasteiger partial charge in [0.15, 0.2) is 10.8 Å². The van der Waals surface area contributed by atoms with Gasteiger partial charge in [0.05, 0.1) is 40.8 Å². The molecule has 22 heteroatoms. The third-order valence-electron chi connectivity index (χ3n) is 15.5. The molecule has 4 aliphatic carbocycles. The number of aromatic nitrogens is 4. The maximum Gasteiger partial charge on any atom is 0.408 e. The van der Waals surface area contributed by atoms with E-state index in [0.29, 0.717) is 60.1 Å². The summed E-state index contributed by atoms with van der Waals surface area (Å²) in [5.74, 6) is -3.33. The van der Waals surface area contributed by atoms with Gasteiger partial charge in [0, 0.05) is 55.1 Å². The lowest BCUT2D eigenvalue weighted by Gasteiger charge is -2.69. The van der Waals surface area contributed by atoms with Crippen molar-refractivity contribution in [2.24, 2.45) is 16.2 Å². The summed E-state index contributed by atoms with van der Waals surface area (Å²) in [6, 6.07) is 15.5. The molecule has 79 heavy (non-hydrogen) atoms. The molecule has 0 saturated heterocycles. The minimum atomic E-state index is -4.54. The van der Waals surface area contributed by atoms with E-state index in [0.717, 1.165) is 59.1 Å². The Morgan fingerprint density at radius 2 is 1.57 bits per heavy atom. The predicted molar refractivity (Wildman–Crippen MR) is 298 cm³/mol. The number of alkyl carbamates (subject to hydrolysis) is 1. The van der Waals surface area contributed by atoms with Crippen molar-refractivity contribution in [1.29, 1.82) is 0 Å². The van der Waals surface area contributed by atoms with E-state index in [1.165, 1.54) is 16.2 Å². The van der Waals surface area contributed by atoms with Crippen molar-refractivity contribution in [3.8, 4) is 11.1 Å². The van der Waals surface area contributed by atoms with Gasteiger partial charge in [-0.3, -0.25) is 28.9 Å². The zero-order valence-corrected chi connectivity index (χ0v) is 48.1. The Kier molecular flexibility index (Phi) is 15.3. The Hall–Kier alpha value is -6.49. The fourth-order valence-electron chi connectivity index (χ4n) is 13.8. The number of ether oxygens (including phenoxy) is 3. The van der Waals surface area contributed by atoms with Gasteiger partial charge in [-0.15, -0.1) is 0 Å². The number of carbonyl (C=O) groups excluding carboxylic acids is 4. The SMILES string of the molecule is Cc1c(-c2ccc(N3CCc4cccc(C(=O)Nc5nc6ccccc6s5)c4C3)nc2C(=O)O)cnn1CC12CC3(C)CC(C)(C1)CC(OCCN(CCS(=O)(=O)O)C(=O)C(CC(=O)OC(C)(C)C)NC(=O)OC(C)(C)C)(C3)C2. The molecule has 4 saturated carbocycles. The Bertz CT molecular complexity index is 3240. The van der Waals surface area contributed by atoms with Gasteiger partial charge in [0.1, 0.15) is 23.1 Å². The highest BCUT2D eigenvalue weighted by Crippen LogP contribution is 2.72. The molecule has 3 aromatic heterocycles. The van der Waals surface area contributed by atoms with Crippen molar-refractivity contribution in [2.45, 2.75) is 150 Å². The number of anilines is 2. The Morgan fingerprint density at radius 3 is 2.24 bits per heavy atom. The second kappa shape index (κ2) is 21.2. The molecule has 0 spiro atoms. The smallest absolute Gasteiger partial charge is 0.408 e. The minimum absolute atomic E-state index is 0.0115. The lowest BCUT2D eigenvalue weighted by molar-refractivity contribution is -0.248. The van der Waals surface area contributed by atoms with E-state index in [1.807, 2.05) is 59.0 Å². The molecule has 4 heterocycles. The second-order valence-electron chi connectivity index (χ2n) is 25.0. The van der Waals surface area contributed by atoms with Crippen molar-refractivity contribution in [3.05, 3.63) is 88.9 Å². The third kappa shape index (κ3) is 13.2. The number of rotatable bonds is 18. The lowest BCUT2D eigenvalue weighted by atomic mass is 9.39. The Morgan fingerprint density at radius 1 is 0.861 bits per heavy atom. The van der Waals surface area contributed by atoms with Gasteiger partial charge in [0.2, 0.25) is 5.91 Å². The van der Waals surface area contributed by atoms with Gasteiger partial charge in [-0.1, -0.05) is 49.4 Å². The average Bonchev–Trinajstić information content (AvgIpc) is 4.02. The van der Waals surface area contributed by atoms with E-state index in [2.05, 4.69) is 29.5 Å². The molecule has 2 aromatic carbocycles. The van der Waals surface area contributed by atoms with Crippen LogP contribution in [0.25, 0.3) is 21.3 Å². The molecule has 4 N–H and O–H groups in total. The van der Waals surface area contributed by atoms with Crippen LogP contribution in [-0.4, -0.2) is 127 Å². The maximum atomic E-state index is 14.4. The summed E-state index contributed by atoms with van der Waals surface area (Å²) < 4.78 is 54.7. The summed E-state index contributed by atoms with van der Waals surface area (Å²) in [5, 5.41) is 21.6. The van der Waals surface area contributed by atoms with Crippen LogP contribution in [0.3, 0.4) is 0 Å². The molecule has 3 unspecified atom stereocenters. The fraction of sp³-hybridized carbons (Fsp3) is 0.544. The summed E-state index contributed by atoms with van der Waals surface area (Å²) in [6.45, 7) is 17.3. The summed E-state index contributed by atoms with van der Waals surface area (Å²) >= 11 is 1.41. The molecule has 3 atom stereocenters. The number of para-hydroxylation sites is 1. The van der Waals surface area contributed by atoms with Gasteiger partial charge in [0.25, 0.3) is 16.0 Å². The highest BCUT2D eigenvalue weighted by molar-refractivity contribution is 7.85. The van der Waals surface area contributed by atoms with Crippen LogP contribution in [-0.2, 0) is 53.4 Å². The molecular weight excluding hydrogens is 1050 g/mol. The van der Waals surface area contributed by atoms with Crippen molar-refractivity contribution in [2.75, 3.05) is 42.2 Å². The summed E-state index contributed by atoms with van der Waals surface area (Å²) in [7, 11) is -4.54. The van der Waals surface area contributed by atoms with Crippen LogP contribution >= 0.6 is 11.3 Å². The number of thiazole rings is 1. The number of carboxylic acid groups (broad SMARTS) is 1. The van der Waals surface area contributed by atoms with Crippen LogP contribution in [0.4, 0.5) is 15.7 Å². The number of carbonyl (C=O) groups is 5. The fourth-order valence-corrected chi connectivity index (χ4v) is 15.1. The van der Waals surface area contributed by atoms with Gasteiger partial charge >= 0.3 is 18.0 Å². The van der Waals surface area contributed by atoms with Crippen LogP contribution in [0.5, 0.6) is 0 Å². The number of nitrogens with one attached hydrogen (secondary N) is 2. The van der Waals surface area contributed by atoms with Crippen LogP contribution in [0.15, 0.2) is 60.8 Å². The van der Waals surface area contributed by atoms with Gasteiger partial charge < -0.3 is 34.4 Å². The van der Waals surface area contributed by atoms with Crippen molar-refractivity contribution in [3.63, 3.8) is 0 Å². The van der Waals surface area contributed by atoms with Crippen LogP contribution in [0.1, 0.15) is 138 Å². The predicted octanol–water partition coefficient (Wildman–Crippen LogP) is 8.85. The number of fused-ring (bicyclic) bond motifs is 2. The number of benzene rings is 2. The summed E-state index contributed by atoms with van der Waals surface area (Å²) in [4.78, 5) is 79.9. The van der Waals surface area contributed by atoms with E-state index < -0.39 is 75.6 Å². The molecule has 4 fully saturated rings. The standard InChI is InChI=1S/C57H72N8O12S2/c1-35-39(37-17-18-44(61-46(37)49(69)70)64-20-19-36-13-12-14-38(40(36)27-64)47(67)62-50-59-41-15-10-11-16-43(41)78-50)26-58-65(35)34-56-29-54(8)28-55(9,30-56)32-57(31-54,33-56)75-23-21-63(22-24-79(72,73)74)48(68)42(25-45(66)76-52(2,3)4)60-51(71)77-53(5,6)7/h10-18,26,42H,19-25,27-34H2,1-9H3,(H,60,71)(H,69,70)(H,59,62,67)(H,72,73,74). The quantitative estimate of drug-likeness (QED) is 0.0472. The van der Waals surface area contributed by atoms with Crippen LogP contribution in [0.2, 0.25) is 0 Å². The number of pyridine rings is 1. The monoisotopic (exact) mass is 1120 g/mol. The Balaban J connectivity index is 0.916. The van der Waals surface area contributed by atoms with Crippen LogP contribution in [0, 0.1) is 23.2 Å². The maximum absolute atomic E-state index is 14.4. The highest BCUT2D eigenvalue weighted by atomic mass is 32.2. The number of hydrogen-bond donors (Lipinski definition) is 4. The van der Waals surface area contributed by atoms with Crippen molar-refractivity contribution < 1.29 is 56.3 Å². The first kappa shape index (κ1) is 57.2. The zero-order chi connectivity index (χ0) is 57.1. The number of carboxylic acids is 1. The minimum Gasteiger partial charge on any atom is -0.476 e. The largest absolute Gasteiger partial charge is 0.476 e. The number of aromatic carboxylic acids is 1. The molecule has 10 rings (SSSR count). The second-order valence-corrected chi connectivity index (χ2v) is 27.6. The molecule has 5 aliphatic rings. The van der Waals surface area contributed by atoms with E-state index in [-0.39, 0.29) is 41.0 Å². The van der Waals surface area contributed by atoms with Gasteiger partial charge in [-0.2, -0.15) is 13.5 Å². The normalized spacial score (nSPS) is 23.0. The topological polar surface area (TPSA) is 262 Å². The van der Waals surface area contributed by atoms with E-state index >= 15 is 0 Å². The Labute approximate surface area is 464 Å². The first-order chi connectivity index (χ1) is 36.9. The molecule has 1 aliphatic heterocycles. The summed E-state index contributed by atoms with van der Waals surface area (Å²) in [5.41, 5.74) is 1.96. The first-order valence-electron chi connectivity index (χ1n) is 26.8. The average molecular weight is 1130 g/mol. The van der Waals surface area contributed by atoms with E-state index in [4.69, 9.17) is 24.3 Å². The van der Waals surface area contributed by atoms with Crippen molar-refractivity contribution >= 4 is 72.5 Å². The van der Waals surface area contributed by atoms with Gasteiger partial charge in [-0.25, -0.2) is 19.6 Å². The molecule has 20 nitrogen and oxygen atoms in total. The summed E-state index contributed by atoms with van der Waals surface area (Å²) in [6.07, 6.45) is 5.76. The number of amides is 3. The van der Waals surface area contributed by atoms with Crippen molar-refractivity contribution in [1.82, 2.24) is 30.0 Å². The molecule has 4 bridgehead atoms. The first-order valence-corrected chi connectivity index (χ1v) is 29.2. The van der Waals surface area contributed by atoms with E-state index in [1.54, 1.807) is 59.9 Å². The van der Waals surface area contributed by atoms with Gasteiger partial charge in [-0.05, 0) is 151 Å². The molecule has 0 radical (unpaired) electrons. The molecule has 424 valence electrons. The van der Waals surface area contributed by atoms with Crippen LogP contribution < -0.4 is 15.5 Å². The molecular formula is C57H72N8O12S2. The third-order valence-corrected chi connectivity index (χ3v) is 17.1. The lowest BCUT2D eigenvalue weighted by Crippen LogP contribution is -2.64. The molecule has 3 amide bonds. The number of nitrogens with zero attached hydrogens (tertiary/aromatic N) is 6. The highest BCUT2D eigenvalue weighted by Gasteiger charge is 2.66. The number of esters is 1. The number of hydrogen-bond acceptors (Lipinski definition) is 15. The van der Waals surface area contributed by atoms with E-state index in [9.17, 15) is 42.0 Å². The zero-order valence-electron chi connectivity index (χ0n) is 46.4.